The molecule has 3 aliphatic rings. The summed E-state index contributed by atoms with van der Waals surface area (Å²) in [6.45, 7) is 0. The van der Waals surface area contributed by atoms with Gasteiger partial charge in [-0.1, -0.05) is 17.7 Å². The maximum Gasteiger partial charge on any atom is 0.347 e. The third-order valence-electron chi connectivity index (χ3n) is 6.42. The Morgan fingerprint density at radius 1 is 1.21 bits per heavy atom. The van der Waals surface area contributed by atoms with Crippen molar-refractivity contribution < 1.29 is 38.1 Å². The molecular formula is C24H17ClO9. The number of halogens is 1. The first kappa shape index (κ1) is 21.2. The van der Waals surface area contributed by atoms with E-state index in [1.54, 1.807) is 18.2 Å². The Kier molecular flexibility index (Phi) is 4.70. The molecule has 0 bridgehead atoms. The summed E-state index contributed by atoms with van der Waals surface area (Å²) in [4.78, 5) is 37.4. The molecule has 3 aromatic rings. The summed E-state index contributed by atoms with van der Waals surface area (Å²) in [5, 5.41) is 11.9. The molecule has 10 heteroatoms. The van der Waals surface area contributed by atoms with Crippen LogP contribution in [-0.4, -0.2) is 42.7 Å². The van der Waals surface area contributed by atoms with Gasteiger partial charge >= 0.3 is 11.6 Å². The van der Waals surface area contributed by atoms with Crippen LogP contribution < -0.4 is 15.1 Å². The first-order valence-electron chi connectivity index (χ1n) is 10.6. The number of hydrogen-bond donors (Lipinski definition) is 1. The number of Topliss-reactive ketones (excluding diaryl/α,β-unsaturated/α-hetero) is 1. The van der Waals surface area contributed by atoms with E-state index in [0.717, 1.165) is 0 Å². The molecule has 4 unspecified atom stereocenters. The lowest BCUT2D eigenvalue weighted by molar-refractivity contribution is -0.168. The lowest BCUT2D eigenvalue weighted by Gasteiger charge is -2.19. The van der Waals surface area contributed by atoms with Crippen molar-refractivity contribution in [1.82, 2.24) is 0 Å². The molecule has 2 aliphatic heterocycles. The minimum Gasteiger partial charge on any atom is -0.496 e. The minimum absolute atomic E-state index is 0.0257. The van der Waals surface area contributed by atoms with Gasteiger partial charge in [0.15, 0.2) is 5.78 Å². The second-order valence-electron chi connectivity index (χ2n) is 8.28. The number of rotatable bonds is 3. The summed E-state index contributed by atoms with van der Waals surface area (Å²) >= 11 is 5.93. The van der Waals surface area contributed by atoms with Crippen LogP contribution in [0.1, 0.15) is 44.2 Å². The van der Waals surface area contributed by atoms with E-state index in [2.05, 4.69) is 0 Å². The van der Waals surface area contributed by atoms with Gasteiger partial charge in [0.1, 0.15) is 28.7 Å². The number of hydrogen-bond acceptors (Lipinski definition) is 9. The van der Waals surface area contributed by atoms with Gasteiger partial charge in [0.25, 0.3) is 0 Å². The zero-order valence-corrected chi connectivity index (χ0v) is 18.5. The van der Waals surface area contributed by atoms with Gasteiger partial charge in [-0.3, -0.25) is 9.53 Å². The monoisotopic (exact) mass is 484 g/mol. The van der Waals surface area contributed by atoms with Crippen LogP contribution >= 0.6 is 11.6 Å². The zero-order chi connectivity index (χ0) is 23.7. The van der Waals surface area contributed by atoms with Crippen molar-refractivity contribution in [3.8, 4) is 11.5 Å². The fourth-order valence-electron chi connectivity index (χ4n) is 4.93. The van der Waals surface area contributed by atoms with Gasteiger partial charge in [-0.2, -0.15) is 0 Å². The third-order valence-corrected chi connectivity index (χ3v) is 6.65. The number of aliphatic hydroxyl groups is 1. The Bertz CT molecular complexity index is 1440. The number of ketones is 1. The van der Waals surface area contributed by atoms with E-state index in [-0.39, 0.29) is 28.9 Å². The topological polar surface area (TPSA) is 122 Å². The summed E-state index contributed by atoms with van der Waals surface area (Å²) in [6, 6.07) is 7.80. The van der Waals surface area contributed by atoms with Crippen LogP contribution in [-0.2, 0) is 15.9 Å². The molecule has 6 rings (SSSR count). The van der Waals surface area contributed by atoms with E-state index in [4.69, 9.17) is 35.0 Å². The number of fused-ring (bicyclic) bond motifs is 7. The van der Waals surface area contributed by atoms with E-state index in [9.17, 15) is 19.5 Å². The Morgan fingerprint density at radius 2 is 2.03 bits per heavy atom. The molecule has 0 spiro atoms. The number of methoxy groups -OCH3 is 1. The summed E-state index contributed by atoms with van der Waals surface area (Å²) < 4.78 is 28.0. The Morgan fingerprint density at radius 3 is 2.79 bits per heavy atom. The summed E-state index contributed by atoms with van der Waals surface area (Å²) in [7, 11) is 1.46. The van der Waals surface area contributed by atoms with Crippen molar-refractivity contribution in [2.24, 2.45) is 0 Å². The molecule has 2 aromatic carbocycles. The van der Waals surface area contributed by atoms with Crippen molar-refractivity contribution in [1.29, 1.82) is 0 Å². The highest BCUT2D eigenvalue weighted by atomic mass is 35.5. The third kappa shape index (κ3) is 2.97. The maximum atomic E-state index is 12.7. The predicted molar refractivity (Wildman–Crippen MR) is 117 cm³/mol. The molecule has 34 heavy (non-hydrogen) atoms. The Balaban J connectivity index is 1.41. The number of ether oxygens (including phenoxy) is 4. The summed E-state index contributed by atoms with van der Waals surface area (Å²) in [5.41, 5.74) is 0.581. The van der Waals surface area contributed by atoms with Gasteiger partial charge < -0.3 is 23.7 Å². The normalized spacial score (nSPS) is 24.5. The lowest BCUT2D eigenvalue weighted by atomic mass is 9.92. The molecule has 1 fully saturated rings. The van der Waals surface area contributed by atoms with Crippen LogP contribution in [0.15, 0.2) is 39.5 Å². The molecule has 1 saturated heterocycles. The van der Waals surface area contributed by atoms with E-state index in [1.807, 2.05) is 0 Å². The van der Waals surface area contributed by atoms with E-state index < -0.39 is 36.2 Å². The number of benzene rings is 2. The number of aliphatic hydroxyl groups excluding tert-OH is 1. The Hall–Kier alpha value is -3.40. The van der Waals surface area contributed by atoms with Gasteiger partial charge in [0.05, 0.1) is 29.5 Å². The van der Waals surface area contributed by atoms with Crippen molar-refractivity contribution in [2.45, 2.75) is 37.4 Å². The van der Waals surface area contributed by atoms with Gasteiger partial charge in [-0.25, -0.2) is 9.59 Å². The minimum atomic E-state index is -1.32. The van der Waals surface area contributed by atoms with Crippen LogP contribution in [0.25, 0.3) is 11.0 Å². The van der Waals surface area contributed by atoms with Crippen LogP contribution in [0.3, 0.4) is 0 Å². The highest BCUT2D eigenvalue weighted by Gasteiger charge is 2.54. The molecule has 0 radical (unpaired) electrons. The summed E-state index contributed by atoms with van der Waals surface area (Å²) in [6.07, 6.45) is -3.05. The van der Waals surface area contributed by atoms with Crippen molar-refractivity contribution in [3.63, 3.8) is 0 Å². The lowest BCUT2D eigenvalue weighted by Crippen LogP contribution is -2.30. The number of aryl methyl sites for hydroxylation is 1. The molecule has 1 aromatic heterocycles. The molecule has 3 heterocycles. The fraction of sp³-hybridized carbons (Fsp3) is 0.292. The number of esters is 1. The van der Waals surface area contributed by atoms with E-state index >= 15 is 0 Å². The maximum absolute atomic E-state index is 12.7. The van der Waals surface area contributed by atoms with Crippen LogP contribution in [0.2, 0.25) is 5.02 Å². The van der Waals surface area contributed by atoms with Crippen molar-refractivity contribution in [3.05, 3.63) is 68.0 Å². The molecular weight excluding hydrogens is 468 g/mol. The van der Waals surface area contributed by atoms with Crippen molar-refractivity contribution in [2.75, 3.05) is 7.11 Å². The predicted octanol–water partition coefficient (Wildman–Crippen LogP) is 2.96. The first-order valence-corrected chi connectivity index (χ1v) is 11.0. The quantitative estimate of drug-likeness (QED) is 0.441. The van der Waals surface area contributed by atoms with Crippen molar-refractivity contribution >= 4 is 34.3 Å². The first-order chi connectivity index (χ1) is 16.4. The molecule has 0 amide bonds. The average molecular weight is 485 g/mol. The van der Waals surface area contributed by atoms with Gasteiger partial charge in [0, 0.05) is 17.5 Å². The van der Waals surface area contributed by atoms with Crippen LogP contribution in [0, 0.1) is 0 Å². The van der Waals surface area contributed by atoms with E-state index in [1.165, 1.54) is 19.2 Å². The molecule has 4 atom stereocenters. The fourth-order valence-corrected chi connectivity index (χ4v) is 5.12. The van der Waals surface area contributed by atoms with Gasteiger partial charge in [-0.05, 0) is 30.2 Å². The van der Waals surface area contributed by atoms with E-state index in [0.29, 0.717) is 39.5 Å². The second kappa shape index (κ2) is 7.56. The SMILES string of the molecule is COc1cc2c(c3oc(=O)c4c(c13)CCC4=O)C1C(O2)OC(OC(=O)c2cccc(Cl)c2)C1O. The second-order valence-corrected chi connectivity index (χ2v) is 8.72. The molecule has 9 nitrogen and oxygen atoms in total. The average Bonchev–Trinajstić information content (AvgIpc) is 3.46. The number of carbonyl (C=O) groups is 2. The zero-order valence-electron chi connectivity index (χ0n) is 17.7. The molecule has 1 aliphatic carbocycles. The van der Waals surface area contributed by atoms with Crippen LogP contribution in [0.5, 0.6) is 11.5 Å². The molecule has 0 saturated carbocycles. The largest absolute Gasteiger partial charge is 0.496 e. The molecule has 1 N–H and O–H groups in total. The van der Waals surface area contributed by atoms with Gasteiger partial charge in [-0.15, -0.1) is 0 Å². The smallest absolute Gasteiger partial charge is 0.347 e. The summed E-state index contributed by atoms with van der Waals surface area (Å²) in [5.74, 6) is -1.13. The Labute approximate surface area is 196 Å². The number of carbonyl (C=O) groups excluding carboxylic acids is 2. The van der Waals surface area contributed by atoms with Crippen LogP contribution in [0.4, 0.5) is 0 Å². The standard InChI is InChI=1S/C24H17ClO9/c1-30-13-8-14-17(20-16(13)11-5-6-12(26)15(11)22(29)32-20)18-19(27)24(34-23(18)31-14)33-21(28)9-3-2-4-10(25)7-9/h2-4,7-8,18-19,23-24,27H,5-6H2,1H3. The highest BCUT2D eigenvalue weighted by molar-refractivity contribution is 6.30. The van der Waals surface area contributed by atoms with Gasteiger partial charge in [0.2, 0.25) is 12.6 Å². The highest BCUT2D eigenvalue weighted by Crippen LogP contribution is 2.52. The molecule has 174 valence electrons.